The molecule has 2 unspecified atom stereocenters. The number of nitrogens with zero attached hydrogens (tertiary/aromatic N) is 4. The van der Waals surface area contributed by atoms with Crippen LogP contribution in [-0.2, 0) is 14.3 Å². The van der Waals surface area contributed by atoms with Crippen LogP contribution in [0.5, 0.6) is 0 Å². The average molecular weight is 505 g/mol. The molecule has 0 aliphatic carbocycles. The molecule has 1 aromatic heterocycles. The summed E-state index contributed by atoms with van der Waals surface area (Å²) in [6, 6.07) is 6.93. The highest BCUT2D eigenvalue weighted by Gasteiger charge is 2.34. The van der Waals surface area contributed by atoms with Gasteiger partial charge in [-0.15, -0.1) is 0 Å². The fourth-order valence-corrected chi connectivity index (χ4v) is 4.63. The van der Waals surface area contributed by atoms with E-state index in [4.69, 9.17) is 20.9 Å². The van der Waals surface area contributed by atoms with Crippen LogP contribution >= 0.6 is 11.6 Å². The number of hydrogen-bond donors (Lipinski definition) is 0. The molecule has 0 bridgehead atoms. The van der Waals surface area contributed by atoms with E-state index in [1.54, 1.807) is 29.0 Å². The second-order valence-corrected chi connectivity index (χ2v) is 9.50. The summed E-state index contributed by atoms with van der Waals surface area (Å²) in [4.78, 5) is 34.8. The van der Waals surface area contributed by atoms with Crippen LogP contribution in [0.1, 0.15) is 70.7 Å². The normalized spacial score (nSPS) is 16.8. The maximum absolute atomic E-state index is 13.5. The molecule has 35 heavy (non-hydrogen) atoms. The number of unbranched alkanes of at least 4 members (excludes halogenated alkanes) is 1. The van der Waals surface area contributed by atoms with Crippen molar-refractivity contribution in [1.82, 2.24) is 19.9 Å². The van der Waals surface area contributed by atoms with Crippen molar-refractivity contribution in [2.24, 2.45) is 5.92 Å². The van der Waals surface area contributed by atoms with Gasteiger partial charge in [-0.25, -0.2) is 0 Å². The molecule has 2 aromatic rings. The zero-order valence-corrected chi connectivity index (χ0v) is 21.8. The number of rotatable bonds is 12. The van der Waals surface area contributed by atoms with E-state index in [0.29, 0.717) is 36.4 Å². The first-order valence-corrected chi connectivity index (χ1v) is 13.0. The minimum atomic E-state index is -0.300. The lowest BCUT2D eigenvalue weighted by Crippen LogP contribution is -2.48. The Balaban J connectivity index is 1.74. The molecule has 192 valence electrons. The van der Waals surface area contributed by atoms with Crippen LogP contribution in [0.15, 0.2) is 28.8 Å². The fraction of sp³-hybridized carbons (Fsp3) is 0.615. The Morgan fingerprint density at radius 1 is 1.26 bits per heavy atom. The lowest BCUT2D eigenvalue weighted by Gasteiger charge is -2.35. The summed E-state index contributed by atoms with van der Waals surface area (Å²) in [6.45, 7) is 5.56. The summed E-state index contributed by atoms with van der Waals surface area (Å²) in [7, 11) is 1.60. The number of aromatic nitrogens is 2. The van der Waals surface area contributed by atoms with Gasteiger partial charge in [-0.1, -0.05) is 43.4 Å². The zero-order chi connectivity index (χ0) is 25.2. The quantitative estimate of drug-likeness (QED) is 0.398. The summed E-state index contributed by atoms with van der Waals surface area (Å²) in [5.41, 5.74) is 0.798. The summed E-state index contributed by atoms with van der Waals surface area (Å²) < 4.78 is 10.8. The van der Waals surface area contributed by atoms with E-state index in [0.717, 1.165) is 50.5 Å². The number of ether oxygens (including phenoxy) is 1. The van der Waals surface area contributed by atoms with E-state index in [2.05, 4.69) is 17.1 Å². The van der Waals surface area contributed by atoms with Gasteiger partial charge in [-0.05, 0) is 56.4 Å². The van der Waals surface area contributed by atoms with Gasteiger partial charge in [0.15, 0.2) is 0 Å². The molecule has 1 aliphatic heterocycles. The van der Waals surface area contributed by atoms with Crippen molar-refractivity contribution in [2.45, 2.75) is 64.8 Å². The van der Waals surface area contributed by atoms with Crippen LogP contribution in [0.2, 0.25) is 5.02 Å². The van der Waals surface area contributed by atoms with Crippen molar-refractivity contribution in [2.75, 3.05) is 33.4 Å². The van der Waals surface area contributed by atoms with E-state index in [1.165, 1.54) is 0 Å². The molecule has 1 saturated heterocycles. The number of methoxy groups -OCH3 is 1. The Hall–Kier alpha value is -2.45. The first-order valence-electron chi connectivity index (χ1n) is 12.6. The van der Waals surface area contributed by atoms with Gasteiger partial charge in [0.05, 0.1) is 13.2 Å². The molecule has 1 aliphatic rings. The van der Waals surface area contributed by atoms with Gasteiger partial charge in [0.25, 0.3) is 0 Å². The molecule has 0 radical (unpaired) electrons. The van der Waals surface area contributed by atoms with E-state index >= 15 is 0 Å². The maximum Gasteiger partial charge on any atom is 0.249 e. The Morgan fingerprint density at radius 2 is 2.03 bits per heavy atom. The SMILES string of the molecule is CCCCC(CC)C(=O)N(CCOC)CC(=O)N1CCCCC1c1nc(-c2ccc(Cl)cc2)no1. The summed E-state index contributed by atoms with van der Waals surface area (Å²) in [6.07, 6.45) is 6.25. The first kappa shape index (κ1) is 27.1. The molecule has 2 atom stereocenters. The zero-order valence-electron chi connectivity index (χ0n) is 21.0. The van der Waals surface area contributed by atoms with Crippen molar-refractivity contribution in [3.8, 4) is 11.4 Å². The first-order chi connectivity index (χ1) is 17.0. The van der Waals surface area contributed by atoms with Gasteiger partial charge in [0.2, 0.25) is 23.5 Å². The molecule has 3 rings (SSSR count). The topological polar surface area (TPSA) is 88.8 Å². The van der Waals surface area contributed by atoms with Crippen LogP contribution < -0.4 is 0 Å². The fourth-order valence-electron chi connectivity index (χ4n) is 4.51. The van der Waals surface area contributed by atoms with Crippen molar-refractivity contribution >= 4 is 23.4 Å². The third kappa shape index (κ3) is 7.27. The van der Waals surface area contributed by atoms with Crippen LogP contribution in [0, 0.1) is 5.92 Å². The van der Waals surface area contributed by atoms with Crippen LogP contribution in [0.25, 0.3) is 11.4 Å². The molecule has 0 spiro atoms. The van der Waals surface area contributed by atoms with Gasteiger partial charge < -0.3 is 19.1 Å². The number of amides is 2. The number of carbonyl (C=O) groups excluding carboxylic acids is 2. The lowest BCUT2D eigenvalue weighted by atomic mass is 9.97. The lowest BCUT2D eigenvalue weighted by molar-refractivity contribution is -0.146. The third-order valence-electron chi connectivity index (χ3n) is 6.60. The molecule has 0 N–H and O–H groups in total. The summed E-state index contributed by atoms with van der Waals surface area (Å²) in [5, 5.41) is 4.76. The van der Waals surface area contributed by atoms with Crippen LogP contribution in [0.3, 0.4) is 0 Å². The highest BCUT2D eigenvalue weighted by atomic mass is 35.5. The number of piperidine rings is 1. The standard InChI is InChI=1S/C26H37ClN4O4/c1-4-6-9-19(5-2)26(33)30(16-17-34-3)18-23(32)31-15-8-7-10-22(31)25-28-24(29-35-25)20-11-13-21(27)14-12-20/h11-14,19,22H,4-10,15-18H2,1-3H3. The molecule has 1 fully saturated rings. The van der Waals surface area contributed by atoms with Crippen molar-refractivity contribution in [3.05, 3.63) is 35.2 Å². The molecule has 9 heteroatoms. The largest absolute Gasteiger partial charge is 0.383 e. The monoisotopic (exact) mass is 504 g/mol. The Bertz CT molecular complexity index is 949. The van der Waals surface area contributed by atoms with Crippen molar-refractivity contribution in [1.29, 1.82) is 0 Å². The second kappa shape index (κ2) is 13.6. The van der Waals surface area contributed by atoms with Gasteiger partial charge >= 0.3 is 0 Å². The Kier molecular flexibility index (Phi) is 10.5. The highest BCUT2D eigenvalue weighted by molar-refractivity contribution is 6.30. The average Bonchev–Trinajstić information content (AvgIpc) is 3.37. The molecule has 1 aromatic carbocycles. The minimum absolute atomic E-state index is 0.0273. The molecular formula is C26H37ClN4O4. The number of benzene rings is 1. The molecule has 2 amide bonds. The number of halogens is 1. The number of carbonyl (C=O) groups is 2. The van der Waals surface area contributed by atoms with Crippen LogP contribution in [-0.4, -0.2) is 65.1 Å². The molecule has 2 heterocycles. The maximum atomic E-state index is 13.5. The Morgan fingerprint density at radius 3 is 2.71 bits per heavy atom. The van der Waals surface area contributed by atoms with Crippen LogP contribution in [0.4, 0.5) is 0 Å². The van der Waals surface area contributed by atoms with Gasteiger partial charge in [0, 0.05) is 36.7 Å². The van der Waals surface area contributed by atoms with E-state index in [9.17, 15) is 9.59 Å². The molecule has 8 nitrogen and oxygen atoms in total. The van der Waals surface area contributed by atoms with Gasteiger partial charge in [0.1, 0.15) is 6.04 Å². The third-order valence-corrected chi connectivity index (χ3v) is 6.86. The summed E-state index contributed by atoms with van der Waals surface area (Å²) in [5.74, 6) is 0.744. The second-order valence-electron chi connectivity index (χ2n) is 9.06. The Labute approximate surface area is 212 Å². The van der Waals surface area contributed by atoms with Crippen molar-refractivity contribution in [3.63, 3.8) is 0 Å². The predicted molar refractivity (Wildman–Crippen MR) is 135 cm³/mol. The minimum Gasteiger partial charge on any atom is -0.383 e. The molecular weight excluding hydrogens is 468 g/mol. The van der Waals surface area contributed by atoms with Crippen molar-refractivity contribution < 1.29 is 18.8 Å². The summed E-state index contributed by atoms with van der Waals surface area (Å²) >= 11 is 5.98. The van der Waals surface area contributed by atoms with Gasteiger partial charge in [-0.3, -0.25) is 9.59 Å². The molecule has 0 saturated carbocycles. The van der Waals surface area contributed by atoms with E-state index < -0.39 is 0 Å². The smallest absolute Gasteiger partial charge is 0.249 e. The highest BCUT2D eigenvalue weighted by Crippen LogP contribution is 2.31. The predicted octanol–water partition coefficient (Wildman–Crippen LogP) is 5.14. The van der Waals surface area contributed by atoms with E-state index in [1.807, 2.05) is 19.1 Å². The van der Waals surface area contributed by atoms with Gasteiger partial charge in [-0.2, -0.15) is 4.98 Å². The number of likely N-dealkylation sites (tertiary alicyclic amines) is 1. The van der Waals surface area contributed by atoms with E-state index in [-0.39, 0.29) is 30.3 Å². The number of hydrogen-bond acceptors (Lipinski definition) is 6.